The summed E-state index contributed by atoms with van der Waals surface area (Å²) in [4.78, 5) is 0. The van der Waals surface area contributed by atoms with Gasteiger partial charge in [-0.1, -0.05) is 30.3 Å². The lowest BCUT2D eigenvalue weighted by Gasteiger charge is -2.14. The Morgan fingerprint density at radius 1 is 1.15 bits per heavy atom. The molecule has 1 fully saturated rings. The van der Waals surface area contributed by atoms with Crippen LogP contribution in [-0.2, 0) is 0 Å². The van der Waals surface area contributed by atoms with E-state index in [2.05, 4.69) is 49.5 Å². The average molecular weight is 175 g/mol. The molecule has 3 atom stereocenters. The number of rotatable bonds is 1. The summed E-state index contributed by atoms with van der Waals surface area (Å²) in [5, 5.41) is 3.57. The summed E-state index contributed by atoms with van der Waals surface area (Å²) in [6, 6.07) is 12.1. The second-order valence-corrected chi connectivity index (χ2v) is 4.11. The maximum atomic E-state index is 3.57. The lowest BCUT2D eigenvalue weighted by molar-refractivity contribution is 0.575. The molecule has 2 rings (SSSR count). The van der Waals surface area contributed by atoms with Gasteiger partial charge < -0.3 is 5.32 Å². The van der Waals surface area contributed by atoms with Crippen molar-refractivity contribution in [2.75, 3.05) is 0 Å². The molecule has 0 bridgehead atoms. The molecule has 1 N–H and O–H groups in total. The summed E-state index contributed by atoms with van der Waals surface area (Å²) in [6.45, 7) is 4.54. The minimum Gasteiger partial charge on any atom is -0.311 e. The minimum atomic E-state index is 0.623. The molecule has 0 unspecified atom stereocenters. The van der Waals surface area contributed by atoms with E-state index in [-0.39, 0.29) is 0 Å². The van der Waals surface area contributed by atoms with Crippen molar-refractivity contribution in [1.82, 2.24) is 5.32 Å². The summed E-state index contributed by atoms with van der Waals surface area (Å²) in [5.74, 6) is 0.705. The van der Waals surface area contributed by atoms with Crippen molar-refractivity contribution < 1.29 is 0 Å². The van der Waals surface area contributed by atoms with Crippen LogP contribution in [0.3, 0.4) is 0 Å². The standard InChI is InChI=1S/C12H17N/c1-9-8-12(10(2)13-9)11-6-4-3-5-7-11/h3-7,9-10,12-13H,8H2,1-2H3/t9-,10+,12-/m1/s1. The molecule has 13 heavy (non-hydrogen) atoms. The smallest absolute Gasteiger partial charge is 0.0110 e. The average Bonchev–Trinajstić information content (AvgIpc) is 2.47. The molecule has 0 saturated carbocycles. The van der Waals surface area contributed by atoms with Gasteiger partial charge in [0.25, 0.3) is 0 Å². The van der Waals surface area contributed by atoms with Crippen LogP contribution in [0.1, 0.15) is 31.7 Å². The number of hydrogen-bond donors (Lipinski definition) is 1. The molecule has 0 aromatic heterocycles. The summed E-state index contributed by atoms with van der Waals surface area (Å²) < 4.78 is 0. The van der Waals surface area contributed by atoms with E-state index in [1.165, 1.54) is 12.0 Å². The predicted molar refractivity (Wildman–Crippen MR) is 55.9 cm³/mol. The van der Waals surface area contributed by atoms with E-state index in [1.54, 1.807) is 0 Å². The van der Waals surface area contributed by atoms with Gasteiger partial charge >= 0.3 is 0 Å². The van der Waals surface area contributed by atoms with Gasteiger partial charge in [-0.05, 0) is 25.8 Å². The maximum absolute atomic E-state index is 3.57. The Balaban J connectivity index is 2.18. The maximum Gasteiger partial charge on any atom is 0.0110 e. The lowest BCUT2D eigenvalue weighted by atomic mass is 9.92. The van der Waals surface area contributed by atoms with Crippen LogP contribution in [0.25, 0.3) is 0 Å². The summed E-state index contributed by atoms with van der Waals surface area (Å²) >= 11 is 0. The third-order valence-corrected chi connectivity index (χ3v) is 2.99. The van der Waals surface area contributed by atoms with Crippen molar-refractivity contribution in [3.63, 3.8) is 0 Å². The topological polar surface area (TPSA) is 12.0 Å². The first kappa shape index (κ1) is 8.76. The van der Waals surface area contributed by atoms with Gasteiger partial charge in [0.15, 0.2) is 0 Å². The van der Waals surface area contributed by atoms with Crippen LogP contribution >= 0.6 is 0 Å². The zero-order valence-electron chi connectivity index (χ0n) is 8.33. The van der Waals surface area contributed by atoms with E-state index in [0.29, 0.717) is 18.0 Å². The van der Waals surface area contributed by atoms with Crippen LogP contribution in [-0.4, -0.2) is 12.1 Å². The Bertz CT molecular complexity index is 268. The Kier molecular flexibility index (Phi) is 2.36. The van der Waals surface area contributed by atoms with Crippen molar-refractivity contribution in [1.29, 1.82) is 0 Å². The largest absolute Gasteiger partial charge is 0.311 e. The van der Waals surface area contributed by atoms with Crippen LogP contribution in [0.15, 0.2) is 30.3 Å². The molecule has 1 aromatic rings. The van der Waals surface area contributed by atoms with Crippen molar-refractivity contribution in [2.24, 2.45) is 0 Å². The third kappa shape index (κ3) is 1.75. The molecule has 1 aliphatic heterocycles. The van der Waals surface area contributed by atoms with Crippen molar-refractivity contribution >= 4 is 0 Å². The first-order valence-corrected chi connectivity index (χ1v) is 5.08. The van der Waals surface area contributed by atoms with E-state index in [0.717, 1.165) is 0 Å². The van der Waals surface area contributed by atoms with E-state index in [1.807, 2.05) is 0 Å². The van der Waals surface area contributed by atoms with Gasteiger partial charge in [-0.15, -0.1) is 0 Å². The Morgan fingerprint density at radius 2 is 1.85 bits per heavy atom. The Labute approximate surface area is 80.2 Å². The van der Waals surface area contributed by atoms with Gasteiger partial charge in [0, 0.05) is 18.0 Å². The molecule has 1 heteroatoms. The zero-order chi connectivity index (χ0) is 9.26. The van der Waals surface area contributed by atoms with Crippen LogP contribution in [0.5, 0.6) is 0 Å². The van der Waals surface area contributed by atoms with Gasteiger partial charge in [0.05, 0.1) is 0 Å². The molecule has 1 aromatic carbocycles. The molecule has 1 nitrogen and oxygen atoms in total. The zero-order valence-corrected chi connectivity index (χ0v) is 8.33. The molecular weight excluding hydrogens is 158 g/mol. The second-order valence-electron chi connectivity index (χ2n) is 4.11. The Hall–Kier alpha value is -0.820. The van der Waals surface area contributed by atoms with Crippen molar-refractivity contribution in [2.45, 2.75) is 38.3 Å². The van der Waals surface area contributed by atoms with E-state index < -0.39 is 0 Å². The fourth-order valence-electron chi connectivity index (χ4n) is 2.34. The fraction of sp³-hybridized carbons (Fsp3) is 0.500. The van der Waals surface area contributed by atoms with Crippen LogP contribution in [0, 0.1) is 0 Å². The highest BCUT2D eigenvalue weighted by molar-refractivity contribution is 5.22. The Morgan fingerprint density at radius 3 is 2.38 bits per heavy atom. The molecule has 0 amide bonds. The fourth-order valence-corrected chi connectivity index (χ4v) is 2.34. The first-order chi connectivity index (χ1) is 6.27. The number of nitrogens with one attached hydrogen (secondary N) is 1. The molecular formula is C12H17N. The molecule has 0 spiro atoms. The molecule has 70 valence electrons. The van der Waals surface area contributed by atoms with E-state index in [4.69, 9.17) is 0 Å². The summed E-state index contributed by atoms with van der Waals surface area (Å²) in [5.41, 5.74) is 1.48. The minimum absolute atomic E-state index is 0.623. The molecule has 0 radical (unpaired) electrons. The highest BCUT2D eigenvalue weighted by Gasteiger charge is 2.28. The summed E-state index contributed by atoms with van der Waals surface area (Å²) in [7, 11) is 0. The lowest BCUT2D eigenvalue weighted by Crippen LogP contribution is -2.26. The third-order valence-electron chi connectivity index (χ3n) is 2.99. The second kappa shape index (κ2) is 3.51. The molecule has 1 aliphatic rings. The first-order valence-electron chi connectivity index (χ1n) is 5.08. The van der Waals surface area contributed by atoms with Crippen molar-refractivity contribution in [3.8, 4) is 0 Å². The molecule has 0 aliphatic carbocycles. The highest BCUT2D eigenvalue weighted by atomic mass is 15.0. The quantitative estimate of drug-likeness (QED) is 0.691. The van der Waals surface area contributed by atoms with Crippen molar-refractivity contribution in [3.05, 3.63) is 35.9 Å². The highest BCUT2D eigenvalue weighted by Crippen LogP contribution is 2.30. The number of hydrogen-bond acceptors (Lipinski definition) is 1. The van der Waals surface area contributed by atoms with E-state index in [9.17, 15) is 0 Å². The monoisotopic (exact) mass is 175 g/mol. The van der Waals surface area contributed by atoms with Gasteiger partial charge in [-0.3, -0.25) is 0 Å². The van der Waals surface area contributed by atoms with Gasteiger partial charge in [0.2, 0.25) is 0 Å². The van der Waals surface area contributed by atoms with Gasteiger partial charge in [0.1, 0.15) is 0 Å². The van der Waals surface area contributed by atoms with Gasteiger partial charge in [-0.2, -0.15) is 0 Å². The van der Waals surface area contributed by atoms with Crippen LogP contribution < -0.4 is 5.32 Å². The number of benzene rings is 1. The van der Waals surface area contributed by atoms with Crippen LogP contribution in [0.2, 0.25) is 0 Å². The van der Waals surface area contributed by atoms with E-state index >= 15 is 0 Å². The summed E-state index contributed by atoms with van der Waals surface area (Å²) in [6.07, 6.45) is 1.27. The molecule has 1 saturated heterocycles. The van der Waals surface area contributed by atoms with Crippen LogP contribution in [0.4, 0.5) is 0 Å². The molecule has 1 heterocycles. The SMILES string of the molecule is C[C@@H]1C[C@@H](c2ccccc2)[C@H](C)N1. The predicted octanol–water partition coefficient (Wildman–Crippen LogP) is 2.54. The normalized spacial score (nSPS) is 33.5. The van der Waals surface area contributed by atoms with Gasteiger partial charge in [-0.25, -0.2) is 0 Å².